The second-order valence-corrected chi connectivity index (χ2v) is 4.75. The predicted molar refractivity (Wildman–Crippen MR) is 68.9 cm³/mol. The van der Waals surface area contributed by atoms with Crippen LogP contribution in [0.5, 0.6) is 0 Å². The first-order chi connectivity index (χ1) is 9.44. The summed E-state index contributed by atoms with van der Waals surface area (Å²) in [5.74, 6) is -1.44. The summed E-state index contributed by atoms with van der Waals surface area (Å²) in [6.45, 7) is 7.78. The van der Waals surface area contributed by atoms with Gasteiger partial charge in [0.05, 0.1) is 6.61 Å². The van der Waals surface area contributed by atoms with Gasteiger partial charge in [-0.2, -0.15) is 0 Å². The minimum absolute atomic E-state index is 0.0359. The third kappa shape index (κ3) is 3.89. The minimum Gasteiger partial charge on any atom is -0.455 e. The van der Waals surface area contributed by atoms with E-state index >= 15 is 0 Å². The van der Waals surface area contributed by atoms with Gasteiger partial charge in [0.1, 0.15) is 19.0 Å². The Bertz CT molecular complexity index is 318. The average Bonchev–Trinajstić information content (AvgIpc) is 2.91. The standard InChI is InChI=1S/C11H18O7.C2H6/c1-11(2)16-4-6(18-11)8-9(15-5-14-3)7(12)10(13)17-8;1-2/h6-9,12H,4-5H2,1-3H3;1-2H3. The zero-order valence-corrected chi connectivity index (χ0v) is 12.6. The van der Waals surface area contributed by atoms with Crippen LogP contribution in [0.3, 0.4) is 0 Å². The molecule has 0 radical (unpaired) electrons. The molecule has 0 spiro atoms. The summed E-state index contributed by atoms with van der Waals surface area (Å²) >= 11 is 0. The van der Waals surface area contributed by atoms with E-state index in [1.54, 1.807) is 13.8 Å². The number of methoxy groups -OCH3 is 1. The van der Waals surface area contributed by atoms with E-state index in [0.717, 1.165) is 0 Å². The smallest absolute Gasteiger partial charge is 0.338 e. The van der Waals surface area contributed by atoms with Crippen molar-refractivity contribution in [2.45, 2.75) is 57.9 Å². The van der Waals surface area contributed by atoms with E-state index in [1.807, 2.05) is 13.8 Å². The molecule has 2 aliphatic heterocycles. The molecule has 2 saturated heterocycles. The number of hydrogen-bond donors (Lipinski definition) is 1. The maximum atomic E-state index is 11.4. The Kier molecular flexibility index (Phi) is 6.35. The fourth-order valence-electron chi connectivity index (χ4n) is 2.08. The van der Waals surface area contributed by atoms with Crippen molar-refractivity contribution in [3.05, 3.63) is 0 Å². The molecule has 0 bridgehead atoms. The molecule has 118 valence electrons. The molecular weight excluding hydrogens is 268 g/mol. The maximum Gasteiger partial charge on any atom is 0.338 e. The second-order valence-electron chi connectivity index (χ2n) is 4.75. The number of aliphatic hydroxyl groups is 1. The highest BCUT2D eigenvalue weighted by molar-refractivity contribution is 5.77. The third-order valence-electron chi connectivity index (χ3n) is 2.90. The van der Waals surface area contributed by atoms with Crippen LogP contribution in [0.2, 0.25) is 0 Å². The lowest BCUT2D eigenvalue weighted by atomic mass is 10.1. The zero-order chi connectivity index (χ0) is 15.3. The van der Waals surface area contributed by atoms with Crippen LogP contribution in [0.4, 0.5) is 0 Å². The Labute approximate surface area is 119 Å². The molecule has 2 rings (SSSR count). The second kappa shape index (κ2) is 7.33. The summed E-state index contributed by atoms with van der Waals surface area (Å²) in [6.07, 6.45) is -3.27. The van der Waals surface area contributed by atoms with Gasteiger partial charge in [-0.1, -0.05) is 13.8 Å². The van der Waals surface area contributed by atoms with E-state index in [9.17, 15) is 9.90 Å². The quantitative estimate of drug-likeness (QED) is 0.594. The van der Waals surface area contributed by atoms with E-state index in [-0.39, 0.29) is 13.4 Å². The molecule has 7 heteroatoms. The van der Waals surface area contributed by atoms with Gasteiger partial charge in [-0.15, -0.1) is 0 Å². The first-order valence-electron chi connectivity index (χ1n) is 6.75. The minimum atomic E-state index is -1.32. The number of esters is 1. The molecule has 0 aromatic heterocycles. The van der Waals surface area contributed by atoms with Gasteiger partial charge in [-0.3, -0.25) is 0 Å². The Hall–Kier alpha value is -0.730. The van der Waals surface area contributed by atoms with Crippen LogP contribution in [0.15, 0.2) is 0 Å². The Morgan fingerprint density at radius 3 is 2.55 bits per heavy atom. The largest absolute Gasteiger partial charge is 0.455 e. The number of cyclic esters (lactones) is 1. The van der Waals surface area contributed by atoms with Crippen molar-refractivity contribution in [1.29, 1.82) is 0 Å². The van der Waals surface area contributed by atoms with Crippen molar-refractivity contribution in [3.63, 3.8) is 0 Å². The summed E-state index contributed by atoms with van der Waals surface area (Å²) < 4.78 is 26.1. The molecule has 20 heavy (non-hydrogen) atoms. The number of hydrogen-bond acceptors (Lipinski definition) is 7. The topological polar surface area (TPSA) is 83.5 Å². The molecule has 0 saturated carbocycles. The molecular formula is C13H24O7. The molecule has 4 unspecified atom stereocenters. The maximum absolute atomic E-state index is 11.4. The van der Waals surface area contributed by atoms with E-state index in [0.29, 0.717) is 0 Å². The van der Waals surface area contributed by atoms with Crippen LogP contribution < -0.4 is 0 Å². The van der Waals surface area contributed by atoms with Gasteiger partial charge in [0.25, 0.3) is 0 Å². The van der Waals surface area contributed by atoms with Gasteiger partial charge in [-0.25, -0.2) is 4.79 Å². The van der Waals surface area contributed by atoms with Crippen LogP contribution in [-0.4, -0.2) is 61.8 Å². The average molecular weight is 292 g/mol. The van der Waals surface area contributed by atoms with Crippen molar-refractivity contribution in [1.82, 2.24) is 0 Å². The van der Waals surface area contributed by atoms with E-state index in [4.69, 9.17) is 23.7 Å². The SMILES string of the molecule is CC.COCOC1C(O)C(=O)OC1C1COC(C)(C)O1. The van der Waals surface area contributed by atoms with E-state index < -0.39 is 36.2 Å². The Balaban J connectivity index is 0.000000956. The molecule has 2 fully saturated rings. The lowest BCUT2D eigenvalue weighted by molar-refractivity contribution is -0.174. The first kappa shape index (κ1) is 17.3. The fraction of sp³-hybridized carbons (Fsp3) is 0.923. The van der Waals surface area contributed by atoms with Crippen LogP contribution in [-0.2, 0) is 28.5 Å². The first-order valence-corrected chi connectivity index (χ1v) is 6.75. The van der Waals surface area contributed by atoms with Gasteiger partial charge >= 0.3 is 5.97 Å². The van der Waals surface area contributed by atoms with Crippen LogP contribution in [0.1, 0.15) is 27.7 Å². The van der Waals surface area contributed by atoms with E-state index in [2.05, 4.69) is 0 Å². The number of carbonyl (C=O) groups is 1. The van der Waals surface area contributed by atoms with Crippen molar-refractivity contribution in [2.75, 3.05) is 20.5 Å². The van der Waals surface area contributed by atoms with Crippen molar-refractivity contribution >= 4 is 5.97 Å². The Morgan fingerprint density at radius 2 is 2.05 bits per heavy atom. The highest BCUT2D eigenvalue weighted by atomic mass is 16.8. The number of ether oxygens (including phenoxy) is 5. The Morgan fingerprint density at radius 1 is 1.40 bits per heavy atom. The summed E-state index contributed by atoms with van der Waals surface area (Å²) in [7, 11) is 1.46. The lowest BCUT2D eigenvalue weighted by Crippen LogP contribution is -2.42. The monoisotopic (exact) mass is 292 g/mol. The van der Waals surface area contributed by atoms with Crippen molar-refractivity contribution < 1.29 is 33.6 Å². The molecule has 0 aromatic rings. The summed E-state index contributed by atoms with van der Waals surface area (Å²) in [5.41, 5.74) is 0. The van der Waals surface area contributed by atoms with Gasteiger partial charge in [0.2, 0.25) is 0 Å². The summed E-state index contributed by atoms with van der Waals surface area (Å²) in [4.78, 5) is 11.4. The molecule has 0 amide bonds. The molecule has 1 N–H and O–H groups in total. The molecule has 7 nitrogen and oxygen atoms in total. The van der Waals surface area contributed by atoms with Crippen LogP contribution in [0, 0.1) is 0 Å². The molecule has 2 aliphatic rings. The normalized spacial score (nSPS) is 35.4. The number of aliphatic hydroxyl groups excluding tert-OH is 1. The van der Waals surface area contributed by atoms with E-state index in [1.165, 1.54) is 7.11 Å². The van der Waals surface area contributed by atoms with Crippen molar-refractivity contribution in [3.8, 4) is 0 Å². The molecule has 2 heterocycles. The zero-order valence-electron chi connectivity index (χ0n) is 12.6. The molecule has 4 atom stereocenters. The number of carbonyl (C=O) groups excluding carboxylic acids is 1. The summed E-state index contributed by atoms with van der Waals surface area (Å²) in [5, 5.41) is 9.69. The van der Waals surface area contributed by atoms with Crippen LogP contribution in [0.25, 0.3) is 0 Å². The van der Waals surface area contributed by atoms with Gasteiger partial charge in [0, 0.05) is 7.11 Å². The predicted octanol–water partition coefficient (Wildman–Crippen LogP) is 0.439. The number of rotatable bonds is 4. The third-order valence-corrected chi connectivity index (χ3v) is 2.90. The molecule has 0 aliphatic carbocycles. The highest BCUT2D eigenvalue weighted by Gasteiger charge is 2.52. The van der Waals surface area contributed by atoms with Gasteiger partial charge in [-0.05, 0) is 13.8 Å². The fourth-order valence-corrected chi connectivity index (χ4v) is 2.08. The lowest BCUT2D eigenvalue weighted by Gasteiger charge is -2.24. The van der Waals surface area contributed by atoms with Gasteiger partial charge < -0.3 is 28.8 Å². The van der Waals surface area contributed by atoms with Crippen molar-refractivity contribution in [2.24, 2.45) is 0 Å². The highest BCUT2D eigenvalue weighted by Crippen LogP contribution is 2.31. The summed E-state index contributed by atoms with van der Waals surface area (Å²) in [6, 6.07) is 0. The molecule has 0 aromatic carbocycles. The van der Waals surface area contributed by atoms with Crippen LogP contribution >= 0.6 is 0 Å². The van der Waals surface area contributed by atoms with Gasteiger partial charge in [0.15, 0.2) is 18.0 Å².